The van der Waals surface area contributed by atoms with E-state index >= 15 is 0 Å². The Morgan fingerprint density at radius 3 is 1.72 bits per heavy atom. The molecule has 0 aromatic carbocycles. The van der Waals surface area contributed by atoms with Crippen LogP contribution < -0.4 is 0 Å². The number of hydrogen-bond donors (Lipinski definition) is 2. The minimum absolute atomic E-state index is 0.0387. The zero-order valence-corrected chi connectivity index (χ0v) is 10.9. The molecule has 0 radical (unpaired) electrons. The van der Waals surface area contributed by atoms with Gasteiger partial charge in [0.25, 0.3) is 0 Å². The minimum Gasteiger partial charge on any atom is -0.480 e. The van der Waals surface area contributed by atoms with Gasteiger partial charge in [0.15, 0.2) is 5.78 Å². The van der Waals surface area contributed by atoms with Gasteiger partial charge in [0, 0.05) is 6.42 Å². The zero-order valence-electron chi connectivity index (χ0n) is 10.9. The third kappa shape index (κ3) is 7.04. The Morgan fingerprint density at radius 1 is 0.833 bits per heavy atom. The van der Waals surface area contributed by atoms with E-state index in [9.17, 15) is 14.4 Å². The molecule has 5 heteroatoms. The molecule has 0 aliphatic heterocycles. The van der Waals surface area contributed by atoms with Crippen LogP contribution in [0.3, 0.4) is 0 Å². The predicted molar refractivity (Wildman–Crippen MR) is 66.4 cm³/mol. The number of ketones is 1. The van der Waals surface area contributed by atoms with Gasteiger partial charge < -0.3 is 10.2 Å². The molecule has 0 aromatic heterocycles. The smallest absolute Gasteiger partial charge is 0.325 e. The van der Waals surface area contributed by atoms with E-state index in [2.05, 4.69) is 6.92 Å². The first-order valence-electron chi connectivity index (χ1n) is 6.49. The largest absolute Gasteiger partial charge is 0.480 e. The molecule has 0 saturated carbocycles. The van der Waals surface area contributed by atoms with Crippen LogP contribution in [-0.4, -0.2) is 27.9 Å². The van der Waals surface area contributed by atoms with E-state index in [0.717, 1.165) is 19.3 Å². The molecule has 0 amide bonds. The molecule has 0 bridgehead atoms. The van der Waals surface area contributed by atoms with Crippen molar-refractivity contribution in [2.75, 3.05) is 0 Å². The van der Waals surface area contributed by atoms with Crippen molar-refractivity contribution < 1.29 is 24.6 Å². The SMILES string of the molecule is CCCCCCCCCC(=O)C(C(=O)O)C(=O)O. The van der Waals surface area contributed by atoms with E-state index in [0.29, 0.717) is 6.42 Å². The van der Waals surface area contributed by atoms with Gasteiger partial charge in [-0.2, -0.15) is 0 Å². The number of unbranched alkanes of at least 4 members (excludes halogenated alkanes) is 6. The van der Waals surface area contributed by atoms with E-state index < -0.39 is 23.6 Å². The molecular weight excluding hydrogens is 236 g/mol. The topological polar surface area (TPSA) is 91.7 Å². The average Bonchev–Trinajstić information content (AvgIpc) is 2.26. The van der Waals surface area contributed by atoms with Crippen molar-refractivity contribution in [2.45, 2.75) is 58.3 Å². The van der Waals surface area contributed by atoms with Gasteiger partial charge in [0.1, 0.15) is 0 Å². The highest BCUT2D eigenvalue weighted by atomic mass is 16.4. The second kappa shape index (κ2) is 9.62. The monoisotopic (exact) mass is 258 g/mol. The number of carbonyl (C=O) groups excluding carboxylic acids is 1. The summed E-state index contributed by atoms with van der Waals surface area (Å²) in [7, 11) is 0. The Labute approximate surface area is 107 Å². The first-order valence-corrected chi connectivity index (χ1v) is 6.49. The van der Waals surface area contributed by atoms with Crippen LogP contribution in [0.5, 0.6) is 0 Å². The molecule has 0 atom stereocenters. The van der Waals surface area contributed by atoms with E-state index in [1.165, 1.54) is 19.3 Å². The Hall–Kier alpha value is -1.39. The maximum Gasteiger partial charge on any atom is 0.325 e. The highest BCUT2D eigenvalue weighted by Crippen LogP contribution is 2.11. The highest BCUT2D eigenvalue weighted by Gasteiger charge is 2.32. The van der Waals surface area contributed by atoms with Crippen LogP contribution in [-0.2, 0) is 14.4 Å². The van der Waals surface area contributed by atoms with Gasteiger partial charge in [-0.15, -0.1) is 0 Å². The van der Waals surface area contributed by atoms with Gasteiger partial charge >= 0.3 is 11.9 Å². The quantitative estimate of drug-likeness (QED) is 0.439. The Bertz CT molecular complexity index is 271. The molecule has 0 aliphatic carbocycles. The molecule has 18 heavy (non-hydrogen) atoms. The second-order valence-electron chi connectivity index (χ2n) is 4.45. The van der Waals surface area contributed by atoms with E-state index in [4.69, 9.17) is 10.2 Å². The van der Waals surface area contributed by atoms with Gasteiger partial charge in [-0.25, -0.2) is 0 Å². The summed E-state index contributed by atoms with van der Waals surface area (Å²) in [4.78, 5) is 32.6. The molecule has 0 aromatic rings. The number of rotatable bonds is 11. The summed E-state index contributed by atoms with van der Waals surface area (Å²) >= 11 is 0. The van der Waals surface area contributed by atoms with Crippen LogP contribution in [0.25, 0.3) is 0 Å². The van der Waals surface area contributed by atoms with E-state index in [1.54, 1.807) is 0 Å². The number of carboxylic acid groups (broad SMARTS) is 2. The lowest BCUT2D eigenvalue weighted by Gasteiger charge is -2.06. The normalized spacial score (nSPS) is 10.6. The van der Waals surface area contributed by atoms with E-state index in [1.807, 2.05) is 0 Å². The van der Waals surface area contributed by atoms with Gasteiger partial charge in [-0.05, 0) is 6.42 Å². The Morgan fingerprint density at radius 2 is 1.28 bits per heavy atom. The predicted octanol–water partition coefficient (Wildman–Crippen LogP) is 2.48. The standard InChI is InChI=1S/C13H22O5/c1-2-3-4-5-6-7-8-9-10(14)11(12(15)16)13(17)18/h11H,2-9H2,1H3,(H,15,16)(H,17,18). The van der Waals surface area contributed by atoms with Crippen molar-refractivity contribution in [2.24, 2.45) is 5.92 Å². The second-order valence-corrected chi connectivity index (χ2v) is 4.45. The van der Waals surface area contributed by atoms with Crippen molar-refractivity contribution in [3.63, 3.8) is 0 Å². The fourth-order valence-corrected chi connectivity index (χ4v) is 1.78. The number of carbonyl (C=O) groups is 3. The molecule has 0 spiro atoms. The zero-order chi connectivity index (χ0) is 14.0. The van der Waals surface area contributed by atoms with Crippen LogP contribution >= 0.6 is 0 Å². The fourth-order valence-electron chi connectivity index (χ4n) is 1.78. The van der Waals surface area contributed by atoms with Gasteiger partial charge in [-0.1, -0.05) is 45.4 Å². The van der Waals surface area contributed by atoms with Crippen LogP contribution in [0.1, 0.15) is 58.3 Å². The molecule has 0 heterocycles. The summed E-state index contributed by atoms with van der Waals surface area (Å²) in [5.74, 6) is -5.75. The fraction of sp³-hybridized carbons (Fsp3) is 0.769. The van der Waals surface area contributed by atoms with Crippen molar-refractivity contribution in [1.82, 2.24) is 0 Å². The lowest BCUT2D eigenvalue weighted by Crippen LogP contribution is -2.31. The minimum atomic E-state index is -1.90. The molecule has 5 nitrogen and oxygen atoms in total. The van der Waals surface area contributed by atoms with Crippen molar-refractivity contribution in [3.8, 4) is 0 Å². The average molecular weight is 258 g/mol. The summed E-state index contributed by atoms with van der Waals surface area (Å²) in [6, 6.07) is 0. The molecule has 2 N–H and O–H groups in total. The van der Waals surface area contributed by atoms with Crippen LogP contribution in [0, 0.1) is 5.92 Å². The number of carboxylic acids is 2. The first kappa shape index (κ1) is 16.6. The lowest BCUT2D eigenvalue weighted by molar-refractivity contribution is -0.157. The first-order chi connectivity index (χ1) is 8.50. The number of Topliss-reactive ketones (excluding diaryl/α,β-unsaturated/α-hetero) is 1. The maximum atomic E-state index is 11.4. The third-order valence-corrected chi connectivity index (χ3v) is 2.84. The summed E-state index contributed by atoms with van der Waals surface area (Å²) in [5, 5.41) is 17.2. The number of aliphatic carboxylic acids is 2. The Balaban J connectivity index is 3.75. The molecule has 104 valence electrons. The van der Waals surface area contributed by atoms with Crippen molar-refractivity contribution >= 4 is 17.7 Å². The molecule has 0 unspecified atom stereocenters. The van der Waals surface area contributed by atoms with Gasteiger partial charge in [0.2, 0.25) is 5.92 Å². The molecule has 0 fully saturated rings. The Kier molecular flexibility index (Phi) is 8.88. The summed E-state index contributed by atoms with van der Waals surface area (Å²) in [5.41, 5.74) is 0. The molecule has 0 rings (SSSR count). The van der Waals surface area contributed by atoms with Crippen LogP contribution in [0.15, 0.2) is 0 Å². The molecule has 0 aliphatic rings. The molecule has 0 saturated heterocycles. The lowest BCUT2D eigenvalue weighted by atomic mass is 9.98. The summed E-state index contributed by atoms with van der Waals surface area (Å²) < 4.78 is 0. The van der Waals surface area contributed by atoms with Crippen LogP contribution in [0.2, 0.25) is 0 Å². The molecular formula is C13H22O5. The summed E-state index contributed by atoms with van der Waals surface area (Å²) in [6.45, 7) is 2.14. The van der Waals surface area contributed by atoms with E-state index in [-0.39, 0.29) is 6.42 Å². The van der Waals surface area contributed by atoms with Crippen molar-refractivity contribution in [1.29, 1.82) is 0 Å². The van der Waals surface area contributed by atoms with Gasteiger partial charge in [0.05, 0.1) is 0 Å². The van der Waals surface area contributed by atoms with Gasteiger partial charge in [-0.3, -0.25) is 14.4 Å². The number of hydrogen-bond acceptors (Lipinski definition) is 3. The highest BCUT2D eigenvalue weighted by molar-refractivity contribution is 6.13. The summed E-state index contributed by atoms with van der Waals surface area (Å²) in [6.07, 6.45) is 7.15. The van der Waals surface area contributed by atoms with Crippen molar-refractivity contribution in [3.05, 3.63) is 0 Å². The maximum absolute atomic E-state index is 11.4. The van der Waals surface area contributed by atoms with Crippen LogP contribution in [0.4, 0.5) is 0 Å². The third-order valence-electron chi connectivity index (χ3n) is 2.84.